The minimum Gasteiger partial charge on any atom is -0.479 e. The summed E-state index contributed by atoms with van der Waals surface area (Å²) in [6.07, 6.45) is -12.9. The Morgan fingerprint density at radius 2 is 1.77 bits per heavy atom. The van der Waals surface area contributed by atoms with E-state index in [0.717, 1.165) is 0 Å². The number of carbonyl (C=O) groups is 2. The molecule has 2 aliphatic rings. The first-order valence-corrected chi connectivity index (χ1v) is 7.93. The van der Waals surface area contributed by atoms with Gasteiger partial charge in [0, 0.05) is 6.92 Å². The van der Waals surface area contributed by atoms with Gasteiger partial charge in [-0.1, -0.05) is 0 Å². The summed E-state index contributed by atoms with van der Waals surface area (Å²) >= 11 is 0. The molecular weight excluding hydrogens is 358 g/mol. The highest BCUT2D eigenvalue weighted by atomic mass is 16.7. The first kappa shape index (κ1) is 20.9. The molecular formula is C14H23NO11. The van der Waals surface area contributed by atoms with Crippen molar-refractivity contribution in [2.75, 3.05) is 13.2 Å². The highest BCUT2D eigenvalue weighted by Crippen LogP contribution is 2.27. The summed E-state index contributed by atoms with van der Waals surface area (Å²) in [5, 5.41) is 60.6. The third kappa shape index (κ3) is 4.29. The van der Waals surface area contributed by atoms with E-state index >= 15 is 0 Å². The van der Waals surface area contributed by atoms with Crippen LogP contribution in [-0.4, -0.2) is 111 Å². The molecule has 8 unspecified atom stereocenters. The van der Waals surface area contributed by atoms with Crippen LogP contribution in [0, 0.1) is 0 Å². The summed E-state index contributed by atoms with van der Waals surface area (Å²) in [6.45, 7) is 0.526. The molecule has 0 aromatic rings. The molecule has 0 aliphatic carbocycles. The summed E-state index contributed by atoms with van der Waals surface area (Å²) in [6, 6.07) is -0.895. The van der Waals surface area contributed by atoms with Crippen molar-refractivity contribution in [2.45, 2.75) is 62.0 Å². The maximum absolute atomic E-state index is 11.3. The predicted molar refractivity (Wildman–Crippen MR) is 79.6 cm³/mol. The zero-order valence-electron chi connectivity index (χ0n) is 13.8. The van der Waals surface area contributed by atoms with Gasteiger partial charge in [-0.3, -0.25) is 4.79 Å². The predicted octanol–water partition coefficient (Wildman–Crippen LogP) is -4.48. The Morgan fingerprint density at radius 3 is 2.31 bits per heavy atom. The SMILES string of the molecule is CC(=O)N[C@@H]1COC(CO)C(O)C1OC1OC(C(=O)O)C(O)C(O)C1O. The van der Waals surface area contributed by atoms with Gasteiger partial charge in [-0.05, 0) is 0 Å². The molecule has 1 amide bonds. The normalized spacial score (nSPS) is 43.7. The van der Waals surface area contributed by atoms with Crippen LogP contribution in [0.15, 0.2) is 0 Å². The largest absolute Gasteiger partial charge is 0.479 e. The quantitative estimate of drug-likeness (QED) is 0.242. The van der Waals surface area contributed by atoms with E-state index in [0.29, 0.717) is 0 Å². The van der Waals surface area contributed by atoms with Crippen LogP contribution in [-0.2, 0) is 23.8 Å². The van der Waals surface area contributed by atoms with Gasteiger partial charge in [0.1, 0.15) is 36.6 Å². The molecule has 26 heavy (non-hydrogen) atoms. The molecule has 0 saturated carbocycles. The van der Waals surface area contributed by atoms with Gasteiger partial charge in [-0.25, -0.2) is 4.79 Å². The zero-order valence-corrected chi connectivity index (χ0v) is 13.8. The Bertz CT molecular complexity index is 517. The number of amides is 1. The number of rotatable bonds is 5. The monoisotopic (exact) mass is 381 g/mol. The molecule has 150 valence electrons. The summed E-state index contributed by atoms with van der Waals surface area (Å²) in [4.78, 5) is 22.5. The van der Waals surface area contributed by atoms with Gasteiger partial charge in [0.15, 0.2) is 12.4 Å². The van der Waals surface area contributed by atoms with Crippen LogP contribution < -0.4 is 5.32 Å². The van der Waals surface area contributed by atoms with E-state index in [1.54, 1.807) is 0 Å². The maximum atomic E-state index is 11.3. The van der Waals surface area contributed by atoms with Crippen molar-refractivity contribution >= 4 is 11.9 Å². The number of hydrogen-bond donors (Lipinski definition) is 7. The van der Waals surface area contributed by atoms with E-state index in [9.17, 15) is 35.1 Å². The second kappa shape index (κ2) is 8.54. The fourth-order valence-corrected chi connectivity index (χ4v) is 2.91. The molecule has 2 saturated heterocycles. The molecule has 12 nitrogen and oxygen atoms in total. The van der Waals surface area contributed by atoms with Gasteiger partial charge >= 0.3 is 5.97 Å². The van der Waals surface area contributed by atoms with Crippen molar-refractivity contribution < 1.29 is 54.4 Å². The number of carboxylic acid groups (broad SMARTS) is 1. The number of carboxylic acids is 1. The van der Waals surface area contributed by atoms with Crippen molar-refractivity contribution in [3.05, 3.63) is 0 Å². The summed E-state index contributed by atoms with van der Waals surface area (Å²) in [7, 11) is 0. The molecule has 2 fully saturated rings. The van der Waals surface area contributed by atoms with Crippen molar-refractivity contribution in [2.24, 2.45) is 0 Å². The van der Waals surface area contributed by atoms with E-state index in [2.05, 4.69) is 5.32 Å². The van der Waals surface area contributed by atoms with Gasteiger partial charge in [-0.2, -0.15) is 0 Å². The van der Waals surface area contributed by atoms with E-state index in [1.807, 2.05) is 0 Å². The lowest BCUT2D eigenvalue weighted by atomic mass is 9.96. The Balaban J connectivity index is 2.19. The first-order chi connectivity index (χ1) is 12.2. The zero-order chi connectivity index (χ0) is 19.6. The highest BCUT2D eigenvalue weighted by Gasteiger charge is 2.50. The molecule has 2 aliphatic heterocycles. The number of aliphatic hydroxyl groups excluding tert-OH is 5. The minimum atomic E-state index is -1.89. The van der Waals surface area contributed by atoms with Gasteiger partial charge < -0.3 is 50.2 Å². The van der Waals surface area contributed by atoms with Crippen LogP contribution in [0.3, 0.4) is 0 Å². The summed E-state index contributed by atoms with van der Waals surface area (Å²) in [5.41, 5.74) is 0. The van der Waals surface area contributed by atoms with Gasteiger partial charge in [0.25, 0.3) is 0 Å². The number of nitrogens with one attached hydrogen (secondary N) is 1. The topological polar surface area (TPSA) is 195 Å². The Labute approximate surface area is 147 Å². The standard InChI is InChI=1S/C14H23NO11/c1-4(17)15-5-3-24-6(2-16)7(18)11(5)25-14-10(21)8(19)9(20)12(26-14)13(22)23/h5-12,14,16,18-21H,2-3H2,1H3,(H,15,17)(H,22,23)/t5-,6?,7?,8?,9?,10?,11?,12?,14?/m1/s1. The fraction of sp³-hybridized carbons (Fsp3) is 0.857. The number of ether oxygens (including phenoxy) is 3. The first-order valence-electron chi connectivity index (χ1n) is 7.93. The molecule has 0 radical (unpaired) electrons. The molecule has 0 spiro atoms. The second-order valence-corrected chi connectivity index (χ2v) is 6.19. The van der Waals surface area contributed by atoms with Crippen LogP contribution in [0.5, 0.6) is 0 Å². The number of aliphatic hydroxyl groups is 5. The smallest absolute Gasteiger partial charge is 0.335 e. The van der Waals surface area contributed by atoms with Crippen molar-refractivity contribution in [1.82, 2.24) is 5.32 Å². The summed E-state index contributed by atoms with van der Waals surface area (Å²) < 4.78 is 15.7. The maximum Gasteiger partial charge on any atom is 0.335 e. The van der Waals surface area contributed by atoms with E-state index in [1.165, 1.54) is 6.92 Å². The lowest BCUT2D eigenvalue weighted by molar-refractivity contribution is -0.322. The molecule has 7 N–H and O–H groups in total. The third-order valence-corrected chi connectivity index (χ3v) is 4.28. The van der Waals surface area contributed by atoms with Gasteiger partial charge in [0.2, 0.25) is 5.91 Å². The molecule has 9 atom stereocenters. The highest BCUT2D eigenvalue weighted by molar-refractivity contribution is 5.73. The fourth-order valence-electron chi connectivity index (χ4n) is 2.91. The van der Waals surface area contributed by atoms with Crippen LogP contribution in [0.1, 0.15) is 6.92 Å². The Hall–Kier alpha value is -1.38. The van der Waals surface area contributed by atoms with Gasteiger partial charge in [-0.15, -0.1) is 0 Å². The summed E-state index contributed by atoms with van der Waals surface area (Å²) in [5.74, 6) is -2.05. The van der Waals surface area contributed by atoms with Crippen LogP contribution >= 0.6 is 0 Å². The van der Waals surface area contributed by atoms with Gasteiger partial charge in [0.05, 0.1) is 19.3 Å². The number of carbonyl (C=O) groups excluding carboxylic acids is 1. The number of aliphatic carboxylic acids is 1. The second-order valence-electron chi connectivity index (χ2n) is 6.19. The van der Waals surface area contributed by atoms with Crippen molar-refractivity contribution in [1.29, 1.82) is 0 Å². The average molecular weight is 381 g/mol. The molecule has 2 rings (SSSR count). The van der Waals surface area contributed by atoms with E-state index in [-0.39, 0.29) is 6.61 Å². The Morgan fingerprint density at radius 1 is 1.12 bits per heavy atom. The lowest BCUT2D eigenvalue weighted by Gasteiger charge is -2.44. The molecule has 12 heteroatoms. The molecule has 0 bridgehead atoms. The molecule has 2 heterocycles. The Kier molecular flexibility index (Phi) is 6.87. The molecule has 0 aromatic carbocycles. The van der Waals surface area contributed by atoms with E-state index < -0.39 is 73.5 Å². The van der Waals surface area contributed by atoms with Crippen molar-refractivity contribution in [3.63, 3.8) is 0 Å². The average Bonchev–Trinajstić information content (AvgIpc) is 2.57. The van der Waals surface area contributed by atoms with Crippen LogP contribution in [0.4, 0.5) is 0 Å². The van der Waals surface area contributed by atoms with Crippen molar-refractivity contribution in [3.8, 4) is 0 Å². The van der Waals surface area contributed by atoms with Crippen LogP contribution in [0.2, 0.25) is 0 Å². The number of hydrogen-bond acceptors (Lipinski definition) is 10. The van der Waals surface area contributed by atoms with Crippen LogP contribution in [0.25, 0.3) is 0 Å². The minimum absolute atomic E-state index is 0.136. The third-order valence-electron chi connectivity index (χ3n) is 4.28. The van der Waals surface area contributed by atoms with E-state index in [4.69, 9.17) is 19.3 Å². The lowest BCUT2D eigenvalue weighted by Crippen LogP contribution is -2.65. The molecule has 0 aromatic heterocycles.